The maximum absolute atomic E-state index is 12.6. The Morgan fingerprint density at radius 2 is 2.03 bits per heavy atom. The van der Waals surface area contributed by atoms with Crippen molar-refractivity contribution in [3.63, 3.8) is 0 Å². The number of ether oxygens (including phenoxy) is 1. The van der Waals surface area contributed by atoms with Gasteiger partial charge >= 0.3 is 0 Å². The van der Waals surface area contributed by atoms with Crippen LogP contribution in [-0.4, -0.2) is 25.0 Å². The van der Waals surface area contributed by atoms with Crippen molar-refractivity contribution < 1.29 is 14.3 Å². The summed E-state index contributed by atoms with van der Waals surface area (Å²) >= 11 is 3.39. The van der Waals surface area contributed by atoms with Crippen molar-refractivity contribution in [2.24, 2.45) is 0 Å². The van der Waals surface area contributed by atoms with Crippen LogP contribution in [-0.2, 0) is 17.0 Å². The molecule has 0 fully saturated rings. The molecule has 3 aromatic rings. The predicted octanol–water partition coefficient (Wildman–Crippen LogP) is 4.73. The van der Waals surface area contributed by atoms with E-state index in [0.717, 1.165) is 34.1 Å². The van der Waals surface area contributed by atoms with Crippen molar-refractivity contribution in [1.82, 2.24) is 5.32 Å². The second kappa shape index (κ2) is 9.82. The van der Waals surface area contributed by atoms with E-state index in [9.17, 15) is 9.59 Å². The molecule has 2 N–H and O–H groups in total. The molecule has 2 heterocycles. The van der Waals surface area contributed by atoms with Crippen molar-refractivity contribution in [3.05, 3.63) is 76.0 Å². The molecule has 0 saturated heterocycles. The Hall–Kier alpha value is -2.77. The fourth-order valence-electron chi connectivity index (χ4n) is 3.20. The lowest BCUT2D eigenvalue weighted by Gasteiger charge is -2.17. The molecule has 1 aromatic heterocycles. The maximum atomic E-state index is 12.6. The Balaban J connectivity index is 1.27. The number of carbonyl (C=O) groups excluding carboxylic acids is 2. The molecular weight excluding hydrogens is 416 g/mol. The van der Waals surface area contributed by atoms with Crippen LogP contribution in [0.5, 0.6) is 5.75 Å². The summed E-state index contributed by atoms with van der Waals surface area (Å²) in [4.78, 5) is 26.3. The van der Waals surface area contributed by atoms with E-state index in [1.807, 2.05) is 48.5 Å². The van der Waals surface area contributed by atoms with Gasteiger partial charge in [0.2, 0.25) is 5.91 Å². The van der Waals surface area contributed by atoms with Crippen molar-refractivity contribution in [2.45, 2.75) is 23.5 Å². The van der Waals surface area contributed by atoms with Gasteiger partial charge < -0.3 is 15.4 Å². The number of anilines is 1. The highest BCUT2D eigenvalue weighted by atomic mass is 32.2. The Labute approximate surface area is 183 Å². The van der Waals surface area contributed by atoms with E-state index in [1.165, 1.54) is 4.88 Å². The summed E-state index contributed by atoms with van der Waals surface area (Å²) in [6, 6.07) is 17.5. The second-order valence-corrected chi connectivity index (χ2v) is 8.89. The zero-order valence-electron chi connectivity index (χ0n) is 16.4. The van der Waals surface area contributed by atoms with E-state index in [2.05, 4.69) is 22.1 Å². The highest BCUT2D eigenvalue weighted by Crippen LogP contribution is 2.28. The van der Waals surface area contributed by atoms with Gasteiger partial charge in [0.25, 0.3) is 5.91 Å². The monoisotopic (exact) mass is 438 g/mol. The largest absolute Gasteiger partial charge is 0.492 e. The second-order valence-electron chi connectivity index (χ2n) is 6.84. The van der Waals surface area contributed by atoms with Gasteiger partial charge in [0.05, 0.1) is 12.1 Å². The van der Waals surface area contributed by atoms with Crippen LogP contribution in [0.25, 0.3) is 0 Å². The lowest BCUT2D eigenvalue weighted by Crippen LogP contribution is -2.28. The lowest BCUT2D eigenvalue weighted by atomic mass is 10.0. The number of nitrogens with one attached hydrogen (secondary N) is 2. The van der Waals surface area contributed by atoms with Crippen LogP contribution in [0, 0.1) is 0 Å². The highest BCUT2D eigenvalue weighted by molar-refractivity contribution is 7.98. The number of aryl methyl sites for hydroxylation is 1. The van der Waals surface area contributed by atoms with Crippen molar-refractivity contribution in [2.75, 3.05) is 18.5 Å². The highest BCUT2D eigenvalue weighted by Gasteiger charge is 2.15. The summed E-state index contributed by atoms with van der Waals surface area (Å²) in [5.41, 5.74) is 2.61. The first-order valence-electron chi connectivity index (χ1n) is 9.77. The molecule has 4 rings (SSSR count). The number of rotatable bonds is 8. The number of benzene rings is 2. The van der Waals surface area contributed by atoms with E-state index in [1.54, 1.807) is 23.1 Å². The number of carbonyl (C=O) groups is 2. The van der Waals surface area contributed by atoms with E-state index in [-0.39, 0.29) is 11.8 Å². The van der Waals surface area contributed by atoms with Crippen LogP contribution in [0.4, 0.5) is 5.69 Å². The molecule has 0 unspecified atom stereocenters. The van der Waals surface area contributed by atoms with Gasteiger partial charge in [-0.2, -0.15) is 0 Å². The number of fused-ring (bicyclic) bond motifs is 1. The first kappa shape index (κ1) is 20.5. The Morgan fingerprint density at radius 1 is 1.13 bits per heavy atom. The summed E-state index contributed by atoms with van der Waals surface area (Å²) < 4.78 is 5.78. The smallest absolute Gasteiger partial charge is 0.252 e. The number of hydrogen-bond acceptors (Lipinski definition) is 5. The average Bonchev–Trinajstić information content (AvgIpc) is 3.29. The van der Waals surface area contributed by atoms with Crippen molar-refractivity contribution in [1.29, 1.82) is 0 Å². The summed E-state index contributed by atoms with van der Waals surface area (Å²) in [5.74, 6) is 1.55. The number of amides is 2. The molecule has 5 nitrogen and oxygen atoms in total. The van der Waals surface area contributed by atoms with Crippen LogP contribution >= 0.6 is 23.1 Å². The van der Waals surface area contributed by atoms with E-state index in [4.69, 9.17) is 4.74 Å². The van der Waals surface area contributed by atoms with Crippen LogP contribution < -0.4 is 15.4 Å². The predicted molar refractivity (Wildman–Crippen MR) is 122 cm³/mol. The maximum Gasteiger partial charge on any atom is 0.252 e. The minimum absolute atomic E-state index is 0.0488. The molecule has 7 heteroatoms. The third-order valence-electron chi connectivity index (χ3n) is 4.71. The quantitative estimate of drug-likeness (QED) is 0.394. The molecule has 0 bridgehead atoms. The fraction of sp³-hybridized carbons (Fsp3) is 0.217. The lowest BCUT2D eigenvalue weighted by molar-refractivity contribution is -0.116. The first-order valence-corrected chi connectivity index (χ1v) is 11.6. The molecule has 2 aromatic carbocycles. The topological polar surface area (TPSA) is 67.4 Å². The number of hydrogen-bond donors (Lipinski definition) is 2. The average molecular weight is 439 g/mol. The van der Waals surface area contributed by atoms with Gasteiger partial charge in [0, 0.05) is 27.6 Å². The van der Waals surface area contributed by atoms with Crippen LogP contribution in [0.1, 0.15) is 27.2 Å². The van der Waals surface area contributed by atoms with Crippen LogP contribution in [0.3, 0.4) is 0 Å². The number of thioether (sulfide) groups is 1. The third-order valence-corrected chi connectivity index (χ3v) is 6.89. The molecule has 1 aliphatic heterocycles. The first-order chi connectivity index (χ1) is 14.7. The summed E-state index contributed by atoms with van der Waals surface area (Å²) in [7, 11) is 0. The van der Waals surface area contributed by atoms with Gasteiger partial charge in [-0.1, -0.05) is 18.2 Å². The van der Waals surface area contributed by atoms with Gasteiger partial charge in [-0.05, 0) is 53.8 Å². The summed E-state index contributed by atoms with van der Waals surface area (Å²) in [6.45, 7) is 0.790. The molecule has 154 valence electrons. The molecule has 0 radical (unpaired) electrons. The van der Waals surface area contributed by atoms with Crippen molar-refractivity contribution >= 4 is 40.6 Å². The molecule has 0 saturated carbocycles. The zero-order chi connectivity index (χ0) is 20.8. The standard InChI is InChI=1S/C23H22N2O3S2/c26-22-10-7-16-14-17(8-9-20(16)25-22)28-12-11-24-23(27)19-5-1-2-6-21(19)30-15-18-4-3-13-29-18/h1-6,8-9,13-14H,7,10-12,15H2,(H,24,27)(H,25,26). The van der Waals surface area contributed by atoms with Crippen LogP contribution in [0.2, 0.25) is 0 Å². The van der Waals surface area contributed by atoms with E-state index in [0.29, 0.717) is 25.1 Å². The van der Waals surface area contributed by atoms with Crippen molar-refractivity contribution in [3.8, 4) is 5.75 Å². The zero-order valence-corrected chi connectivity index (χ0v) is 18.0. The Kier molecular flexibility index (Phi) is 6.71. The SMILES string of the molecule is O=C1CCc2cc(OCCNC(=O)c3ccccc3SCc3cccs3)ccc2N1. The summed E-state index contributed by atoms with van der Waals surface area (Å²) in [5, 5.41) is 7.86. The molecule has 0 spiro atoms. The fourth-order valence-corrected chi connectivity index (χ4v) is 5.02. The van der Waals surface area contributed by atoms with Gasteiger partial charge in [-0.3, -0.25) is 9.59 Å². The van der Waals surface area contributed by atoms with Gasteiger partial charge in [0.15, 0.2) is 0 Å². The van der Waals surface area contributed by atoms with Gasteiger partial charge in [-0.25, -0.2) is 0 Å². The van der Waals surface area contributed by atoms with Gasteiger partial charge in [-0.15, -0.1) is 23.1 Å². The molecule has 2 amide bonds. The van der Waals surface area contributed by atoms with Gasteiger partial charge in [0.1, 0.15) is 12.4 Å². The molecule has 0 aliphatic carbocycles. The molecule has 0 atom stereocenters. The number of thiophene rings is 1. The normalized spacial score (nSPS) is 12.7. The van der Waals surface area contributed by atoms with Crippen LogP contribution in [0.15, 0.2) is 64.9 Å². The minimum Gasteiger partial charge on any atom is -0.492 e. The molecular formula is C23H22N2O3S2. The Bertz CT molecular complexity index is 1030. The minimum atomic E-state index is -0.0963. The summed E-state index contributed by atoms with van der Waals surface area (Å²) in [6.07, 6.45) is 1.21. The molecule has 1 aliphatic rings. The Morgan fingerprint density at radius 3 is 2.90 bits per heavy atom. The van der Waals surface area contributed by atoms with E-state index < -0.39 is 0 Å². The molecule has 30 heavy (non-hydrogen) atoms. The third kappa shape index (κ3) is 5.23. The van der Waals surface area contributed by atoms with E-state index >= 15 is 0 Å².